The summed E-state index contributed by atoms with van der Waals surface area (Å²) in [5.74, 6) is 5.98. The van der Waals surface area contributed by atoms with Gasteiger partial charge in [-0.3, -0.25) is 4.79 Å². The summed E-state index contributed by atoms with van der Waals surface area (Å²) in [4.78, 5) is 13.4. The van der Waals surface area contributed by atoms with Crippen LogP contribution < -0.4 is 4.74 Å². The average molecular weight is 471 g/mol. The minimum atomic E-state index is -3.92. The van der Waals surface area contributed by atoms with Gasteiger partial charge in [0.2, 0.25) is 15.9 Å². The van der Waals surface area contributed by atoms with Gasteiger partial charge in [0.1, 0.15) is 16.7 Å². The predicted octanol–water partition coefficient (Wildman–Crippen LogP) is 2.33. The average Bonchev–Trinajstić information content (AvgIpc) is 2.79. The number of carbonyl (C=O) groups is 1. The molecule has 0 fully saturated rings. The lowest BCUT2D eigenvalue weighted by molar-refractivity contribution is -0.129. The molecule has 1 aliphatic heterocycles. The van der Waals surface area contributed by atoms with Crippen molar-refractivity contribution in [1.29, 1.82) is 0 Å². The number of benzene rings is 2. The van der Waals surface area contributed by atoms with Crippen LogP contribution in [0.15, 0.2) is 53.4 Å². The zero-order valence-corrected chi connectivity index (χ0v) is 20.2. The van der Waals surface area contributed by atoms with Gasteiger partial charge in [-0.15, -0.1) is 0 Å². The van der Waals surface area contributed by atoms with Crippen molar-refractivity contribution < 1.29 is 23.1 Å². The Morgan fingerprint density at radius 1 is 1.21 bits per heavy atom. The van der Waals surface area contributed by atoms with E-state index in [1.54, 1.807) is 31.0 Å². The summed E-state index contributed by atoms with van der Waals surface area (Å²) in [7, 11) is -2.23. The Balaban J connectivity index is 2.08. The molecule has 7 nitrogen and oxygen atoms in total. The van der Waals surface area contributed by atoms with Gasteiger partial charge in [-0.2, -0.15) is 4.31 Å². The number of hydrogen-bond acceptors (Lipinski definition) is 5. The molecule has 0 radical (unpaired) electrons. The number of likely N-dealkylation sites (N-methyl/N-ethyl adjacent to an activating group) is 1. The van der Waals surface area contributed by atoms with E-state index < -0.39 is 22.2 Å². The van der Waals surface area contributed by atoms with Gasteiger partial charge in [-0.25, -0.2) is 8.42 Å². The Labute approximate surface area is 196 Å². The summed E-state index contributed by atoms with van der Waals surface area (Å²) in [5, 5.41) is 9.71. The van der Waals surface area contributed by atoms with Crippen molar-refractivity contribution in [3.05, 3.63) is 59.7 Å². The highest BCUT2D eigenvalue weighted by molar-refractivity contribution is 7.89. The van der Waals surface area contributed by atoms with E-state index in [-0.39, 0.29) is 35.6 Å². The summed E-state index contributed by atoms with van der Waals surface area (Å²) in [6.07, 6.45) is -0.445. The van der Waals surface area contributed by atoms with Crippen LogP contribution in [0.2, 0.25) is 0 Å². The van der Waals surface area contributed by atoms with E-state index in [2.05, 4.69) is 11.8 Å². The van der Waals surface area contributed by atoms with E-state index in [1.807, 2.05) is 37.3 Å². The molecule has 0 spiro atoms. The van der Waals surface area contributed by atoms with Crippen LogP contribution in [0.5, 0.6) is 5.75 Å². The zero-order valence-electron chi connectivity index (χ0n) is 19.4. The van der Waals surface area contributed by atoms with E-state index in [1.165, 1.54) is 17.3 Å². The van der Waals surface area contributed by atoms with E-state index >= 15 is 0 Å². The number of sulfonamides is 1. The molecule has 1 aliphatic rings. The first kappa shape index (κ1) is 24.8. The number of fused-ring (bicyclic) bond motifs is 1. The van der Waals surface area contributed by atoms with Gasteiger partial charge in [0.25, 0.3) is 0 Å². The van der Waals surface area contributed by atoms with Crippen molar-refractivity contribution in [2.75, 3.05) is 26.7 Å². The minimum absolute atomic E-state index is 0.0236. The summed E-state index contributed by atoms with van der Waals surface area (Å²) in [6.45, 7) is 5.19. The van der Waals surface area contributed by atoms with Crippen LogP contribution in [0.25, 0.3) is 0 Å². The molecule has 2 aromatic rings. The van der Waals surface area contributed by atoms with Crippen LogP contribution >= 0.6 is 0 Å². The van der Waals surface area contributed by atoms with Crippen LogP contribution in [0, 0.1) is 17.8 Å². The maximum atomic E-state index is 13.5. The van der Waals surface area contributed by atoms with E-state index in [0.717, 1.165) is 5.56 Å². The lowest BCUT2D eigenvalue weighted by Gasteiger charge is -2.37. The first-order chi connectivity index (χ1) is 15.6. The molecule has 0 aromatic heterocycles. The van der Waals surface area contributed by atoms with Crippen molar-refractivity contribution >= 4 is 15.9 Å². The molecule has 33 heavy (non-hydrogen) atoms. The number of hydrogen-bond donors (Lipinski definition) is 1. The molecule has 2 aromatic carbocycles. The highest BCUT2D eigenvalue weighted by Crippen LogP contribution is 2.34. The summed E-state index contributed by atoms with van der Waals surface area (Å²) in [5.41, 5.74) is 1.46. The fourth-order valence-electron chi connectivity index (χ4n) is 3.59. The summed E-state index contributed by atoms with van der Waals surface area (Å²) < 4.78 is 34.5. The van der Waals surface area contributed by atoms with Gasteiger partial charge in [0, 0.05) is 43.6 Å². The second-order valence-electron chi connectivity index (χ2n) is 8.42. The van der Waals surface area contributed by atoms with Gasteiger partial charge in [-0.05, 0) is 37.3 Å². The maximum absolute atomic E-state index is 13.5. The van der Waals surface area contributed by atoms with Crippen molar-refractivity contribution in [1.82, 2.24) is 9.21 Å². The van der Waals surface area contributed by atoms with Crippen LogP contribution in [-0.4, -0.2) is 67.5 Å². The second-order valence-corrected chi connectivity index (χ2v) is 10.3. The molecule has 0 saturated heterocycles. The molecule has 3 rings (SSSR count). The fourth-order valence-corrected chi connectivity index (χ4v) is 5.41. The normalized spacial score (nSPS) is 20.8. The molecular formula is C25H30N2O5S. The molecule has 1 N–H and O–H groups in total. The zero-order chi connectivity index (χ0) is 24.2. The van der Waals surface area contributed by atoms with Crippen LogP contribution in [0.3, 0.4) is 0 Å². The molecule has 176 valence electrons. The van der Waals surface area contributed by atoms with Crippen molar-refractivity contribution in [2.45, 2.75) is 37.8 Å². The Kier molecular flexibility index (Phi) is 7.80. The number of nitrogens with zero attached hydrogens (tertiary/aromatic N) is 2. The van der Waals surface area contributed by atoms with Gasteiger partial charge >= 0.3 is 0 Å². The largest absolute Gasteiger partial charge is 0.487 e. The minimum Gasteiger partial charge on any atom is -0.487 e. The van der Waals surface area contributed by atoms with Crippen LogP contribution in [-0.2, 0) is 14.8 Å². The third-order valence-electron chi connectivity index (χ3n) is 5.78. The molecule has 0 saturated carbocycles. The third kappa shape index (κ3) is 5.74. The SMILES string of the molecule is CC(=O)N(C)C[C@@H]1Oc2cc(C#Cc3ccccc3)ccc2S(=O)(=O)N([C@H](C)CO)C[C@H]1C. The molecule has 0 bridgehead atoms. The first-order valence-electron chi connectivity index (χ1n) is 10.9. The van der Waals surface area contributed by atoms with Crippen molar-refractivity contribution in [3.63, 3.8) is 0 Å². The lowest BCUT2D eigenvalue weighted by atomic mass is 10.0. The Morgan fingerprint density at radius 2 is 1.88 bits per heavy atom. The molecule has 1 heterocycles. The second kappa shape index (κ2) is 10.4. The smallest absolute Gasteiger partial charge is 0.247 e. The number of aliphatic hydroxyl groups is 1. The Bertz CT molecular complexity index is 1150. The Morgan fingerprint density at radius 3 is 2.52 bits per heavy atom. The fraction of sp³-hybridized carbons (Fsp3) is 0.400. The highest BCUT2D eigenvalue weighted by Gasteiger charge is 2.38. The number of ether oxygens (including phenoxy) is 1. The number of amides is 1. The molecular weight excluding hydrogens is 440 g/mol. The van der Waals surface area contributed by atoms with Gasteiger partial charge in [0.05, 0.1) is 13.2 Å². The topological polar surface area (TPSA) is 87.2 Å². The quantitative estimate of drug-likeness (QED) is 0.693. The van der Waals surface area contributed by atoms with E-state index in [0.29, 0.717) is 12.1 Å². The first-order valence-corrected chi connectivity index (χ1v) is 12.3. The molecule has 0 unspecified atom stereocenters. The lowest BCUT2D eigenvalue weighted by Crippen LogP contribution is -2.50. The standard InChI is InChI=1S/C25H30N2O5S/c1-18-15-27(19(2)17-28)33(30,31)25-13-12-22(11-10-21-8-6-5-7-9-21)14-23(25)32-24(18)16-26(4)20(3)29/h5-9,12-14,18-19,24,28H,15-17H2,1-4H3/t18-,19-,24+/m1/s1. The summed E-state index contributed by atoms with van der Waals surface area (Å²) in [6, 6.07) is 13.7. The van der Waals surface area contributed by atoms with Crippen molar-refractivity contribution in [2.24, 2.45) is 5.92 Å². The molecule has 1 amide bonds. The third-order valence-corrected chi connectivity index (χ3v) is 7.80. The van der Waals surface area contributed by atoms with E-state index in [4.69, 9.17) is 4.74 Å². The molecule has 0 aliphatic carbocycles. The van der Waals surface area contributed by atoms with Crippen LogP contribution in [0.4, 0.5) is 0 Å². The van der Waals surface area contributed by atoms with Gasteiger partial charge in [-0.1, -0.05) is 37.0 Å². The number of rotatable bonds is 4. The van der Waals surface area contributed by atoms with E-state index in [9.17, 15) is 18.3 Å². The highest BCUT2D eigenvalue weighted by atomic mass is 32.2. The molecule has 3 atom stereocenters. The Hall–Kier alpha value is -2.86. The van der Waals surface area contributed by atoms with Gasteiger partial charge in [0.15, 0.2) is 0 Å². The number of carbonyl (C=O) groups excluding carboxylic acids is 1. The number of aliphatic hydroxyl groups excluding tert-OH is 1. The predicted molar refractivity (Wildman–Crippen MR) is 126 cm³/mol. The van der Waals surface area contributed by atoms with Crippen LogP contribution in [0.1, 0.15) is 31.9 Å². The monoisotopic (exact) mass is 470 g/mol. The molecule has 8 heteroatoms. The van der Waals surface area contributed by atoms with Crippen molar-refractivity contribution in [3.8, 4) is 17.6 Å². The maximum Gasteiger partial charge on any atom is 0.247 e. The summed E-state index contributed by atoms with van der Waals surface area (Å²) >= 11 is 0. The van der Waals surface area contributed by atoms with Gasteiger partial charge < -0.3 is 14.7 Å².